The summed E-state index contributed by atoms with van der Waals surface area (Å²) in [5.41, 5.74) is 14.3. The van der Waals surface area contributed by atoms with Crippen LogP contribution in [0.2, 0.25) is 0 Å². The zero-order valence-corrected chi connectivity index (χ0v) is 24.1. The second kappa shape index (κ2) is 8.44. The number of fused-ring (bicyclic) bond motifs is 5. The van der Waals surface area contributed by atoms with Crippen molar-refractivity contribution in [3.05, 3.63) is 150 Å². The Bertz CT molecular complexity index is 2000. The molecule has 41 heavy (non-hydrogen) atoms. The molecule has 0 unspecified atom stereocenters. The molecular formula is C40H33N. The summed E-state index contributed by atoms with van der Waals surface area (Å²) in [7, 11) is 0. The van der Waals surface area contributed by atoms with Gasteiger partial charge in [0.05, 0.1) is 17.1 Å². The summed E-state index contributed by atoms with van der Waals surface area (Å²) in [5, 5.41) is 2.56. The molecule has 2 aliphatic rings. The quantitative estimate of drug-likeness (QED) is 0.216. The first-order valence-corrected chi connectivity index (χ1v) is 14.6. The highest BCUT2D eigenvalue weighted by atomic mass is 15.2. The fraction of sp³-hybridized carbons (Fsp3) is 0.150. The van der Waals surface area contributed by atoms with Gasteiger partial charge in [-0.25, -0.2) is 0 Å². The van der Waals surface area contributed by atoms with Crippen LogP contribution in [-0.2, 0) is 10.8 Å². The minimum absolute atomic E-state index is 0.0615. The lowest BCUT2D eigenvalue weighted by Crippen LogP contribution is -2.38. The van der Waals surface area contributed by atoms with Crippen molar-refractivity contribution in [2.45, 2.75) is 38.5 Å². The van der Waals surface area contributed by atoms with Crippen molar-refractivity contribution in [2.24, 2.45) is 0 Å². The lowest BCUT2D eigenvalue weighted by atomic mass is 9.66. The molecule has 2 heterocycles. The normalized spacial score (nSPS) is 15.7. The van der Waals surface area contributed by atoms with Crippen LogP contribution in [0.15, 0.2) is 127 Å². The van der Waals surface area contributed by atoms with Gasteiger partial charge in [0.2, 0.25) is 0 Å². The molecule has 2 aliphatic heterocycles. The van der Waals surface area contributed by atoms with Gasteiger partial charge >= 0.3 is 0 Å². The van der Waals surface area contributed by atoms with E-state index in [-0.39, 0.29) is 10.8 Å². The van der Waals surface area contributed by atoms with E-state index in [4.69, 9.17) is 0 Å². The molecule has 0 N–H and O–H groups in total. The van der Waals surface area contributed by atoms with Gasteiger partial charge in [0.25, 0.3) is 0 Å². The Kier molecular flexibility index (Phi) is 4.98. The van der Waals surface area contributed by atoms with Crippen LogP contribution >= 0.6 is 0 Å². The number of nitrogens with zero attached hydrogens (tertiary/aromatic N) is 1. The molecule has 0 fully saturated rings. The Morgan fingerprint density at radius 1 is 0.439 bits per heavy atom. The van der Waals surface area contributed by atoms with Crippen LogP contribution in [0.3, 0.4) is 0 Å². The molecule has 0 radical (unpaired) electrons. The Morgan fingerprint density at radius 2 is 1.02 bits per heavy atom. The lowest BCUT2D eigenvalue weighted by Gasteiger charge is -2.49. The van der Waals surface area contributed by atoms with Crippen molar-refractivity contribution in [1.29, 1.82) is 0 Å². The SMILES string of the molecule is CC1(C)c2ccccc2N2c3ccc(-c4cccc(-c5cccc6ccccc56)c4)cc3C(C)(C)c3cccc1c32. The molecule has 6 aromatic rings. The molecule has 198 valence electrons. The van der Waals surface area contributed by atoms with E-state index in [0.29, 0.717) is 0 Å². The third kappa shape index (κ3) is 3.36. The molecule has 6 aromatic carbocycles. The fourth-order valence-electron chi connectivity index (χ4n) is 7.41. The standard InChI is InChI=1S/C40H33N/c1-39(2)32-18-7-8-21-36(32)41-37-23-22-28(25-35(37)40(3,4)34-20-11-19-33(39)38(34)41)27-14-9-15-29(24-27)31-17-10-13-26-12-5-6-16-30(26)31/h5-25H,1-4H3. The molecule has 0 aromatic heterocycles. The summed E-state index contributed by atoms with van der Waals surface area (Å²) in [4.78, 5) is 2.53. The Balaban J connectivity index is 1.31. The maximum Gasteiger partial charge on any atom is 0.0543 e. The second-order valence-electron chi connectivity index (χ2n) is 12.6. The van der Waals surface area contributed by atoms with Crippen LogP contribution in [-0.4, -0.2) is 0 Å². The topological polar surface area (TPSA) is 3.24 Å². The van der Waals surface area contributed by atoms with E-state index >= 15 is 0 Å². The number of hydrogen-bond donors (Lipinski definition) is 0. The third-order valence-corrected chi connectivity index (χ3v) is 9.63. The average Bonchev–Trinajstić information content (AvgIpc) is 3.00. The van der Waals surface area contributed by atoms with Gasteiger partial charge in [-0.1, -0.05) is 131 Å². The maximum absolute atomic E-state index is 2.53. The van der Waals surface area contributed by atoms with Gasteiger partial charge in [-0.2, -0.15) is 0 Å². The Labute approximate surface area is 242 Å². The minimum atomic E-state index is -0.136. The van der Waals surface area contributed by atoms with Crippen molar-refractivity contribution < 1.29 is 0 Å². The highest BCUT2D eigenvalue weighted by molar-refractivity contribution is 5.98. The van der Waals surface area contributed by atoms with Gasteiger partial charge < -0.3 is 4.90 Å². The molecule has 0 amide bonds. The van der Waals surface area contributed by atoms with Gasteiger partial charge in [-0.3, -0.25) is 0 Å². The predicted octanol–water partition coefficient (Wildman–Crippen LogP) is 10.9. The van der Waals surface area contributed by atoms with Crippen LogP contribution in [0.1, 0.15) is 49.9 Å². The molecule has 8 rings (SSSR count). The lowest BCUT2D eigenvalue weighted by molar-refractivity contribution is 0.597. The van der Waals surface area contributed by atoms with Gasteiger partial charge in [0.1, 0.15) is 0 Å². The van der Waals surface area contributed by atoms with E-state index in [2.05, 4.69) is 160 Å². The zero-order chi connectivity index (χ0) is 27.9. The van der Waals surface area contributed by atoms with Gasteiger partial charge in [0.15, 0.2) is 0 Å². The molecule has 0 saturated heterocycles. The summed E-state index contributed by atoms with van der Waals surface area (Å²) in [6.45, 7) is 9.52. The summed E-state index contributed by atoms with van der Waals surface area (Å²) in [6, 6.07) is 47.3. The van der Waals surface area contributed by atoms with E-state index in [1.807, 2.05) is 0 Å². The average molecular weight is 528 g/mol. The minimum Gasteiger partial charge on any atom is -0.309 e. The summed E-state index contributed by atoms with van der Waals surface area (Å²) < 4.78 is 0. The van der Waals surface area contributed by atoms with Crippen LogP contribution in [0.4, 0.5) is 17.1 Å². The van der Waals surface area contributed by atoms with Crippen molar-refractivity contribution in [3.63, 3.8) is 0 Å². The van der Waals surface area contributed by atoms with Crippen molar-refractivity contribution in [3.8, 4) is 22.3 Å². The highest BCUT2D eigenvalue weighted by Crippen LogP contribution is 2.60. The molecule has 0 bridgehead atoms. The molecule has 0 aliphatic carbocycles. The molecule has 0 saturated carbocycles. The van der Waals surface area contributed by atoms with Crippen LogP contribution in [0.5, 0.6) is 0 Å². The number of hydrogen-bond acceptors (Lipinski definition) is 1. The van der Waals surface area contributed by atoms with Crippen LogP contribution < -0.4 is 4.90 Å². The number of rotatable bonds is 2. The molecule has 1 nitrogen and oxygen atoms in total. The van der Waals surface area contributed by atoms with Crippen molar-refractivity contribution in [2.75, 3.05) is 4.90 Å². The largest absolute Gasteiger partial charge is 0.309 e. The van der Waals surface area contributed by atoms with Crippen LogP contribution in [0.25, 0.3) is 33.0 Å². The van der Waals surface area contributed by atoms with E-state index in [1.54, 1.807) is 0 Å². The Morgan fingerprint density at radius 3 is 1.88 bits per heavy atom. The Hall–Kier alpha value is -4.62. The molecule has 1 heteroatoms. The summed E-state index contributed by atoms with van der Waals surface area (Å²) in [5.74, 6) is 0. The van der Waals surface area contributed by atoms with Crippen LogP contribution in [0, 0.1) is 0 Å². The highest BCUT2D eigenvalue weighted by Gasteiger charge is 2.45. The van der Waals surface area contributed by atoms with E-state index < -0.39 is 0 Å². The zero-order valence-electron chi connectivity index (χ0n) is 24.1. The fourth-order valence-corrected chi connectivity index (χ4v) is 7.41. The van der Waals surface area contributed by atoms with Crippen molar-refractivity contribution in [1.82, 2.24) is 0 Å². The van der Waals surface area contributed by atoms with E-state index in [1.165, 1.54) is 72.3 Å². The van der Waals surface area contributed by atoms with E-state index in [0.717, 1.165) is 0 Å². The van der Waals surface area contributed by atoms with Crippen molar-refractivity contribution >= 4 is 27.8 Å². The number of para-hydroxylation sites is 2. The maximum atomic E-state index is 2.53. The smallest absolute Gasteiger partial charge is 0.0543 e. The van der Waals surface area contributed by atoms with Gasteiger partial charge in [-0.15, -0.1) is 0 Å². The summed E-state index contributed by atoms with van der Waals surface area (Å²) >= 11 is 0. The molecular weight excluding hydrogens is 494 g/mol. The van der Waals surface area contributed by atoms with Gasteiger partial charge in [-0.05, 0) is 79.5 Å². The number of anilines is 3. The monoisotopic (exact) mass is 527 g/mol. The summed E-state index contributed by atoms with van der Waals surface area (Å²) in [6.07, 6.45) is 0. The second-order valence-corrected chi connectivity index (χ2v) is 12.6. The third-order valence-electron chi connectivity index (χ3n) is 9.63. The van der Waals surface area contributed by atoms with Gasteiger partial charge in [0, 0.05) is 10.8 Å². The number of benzene rings is 6. The first-order valence-electron chi connectivity index (χ1n) is 14.6. The first-order chi connectivity index (χ1) is 19.9. The molecule has 0 atom stereocenters. The predicted molar refractivity (Wildman–Crippen MR) is 174 cm³/mol. The molecule has 0 spiro atoms. The first kappa shape index (κ1) is 24.2. The van der Waals surface area contributed by atoms with E-state index in [9.17, 15) is 0 Å².